The van der Waals surface area contributed by atoms with E-state index in [1.54, 1.807) is 12.1 Å². The molecule has 2 aromatic rings. The van der Waals surface area contributed by atoms with Gasteiger partial charge in [0.15, 0.2) is 5.82 Å². The highest BCUT2D eigenvalue weighted by Crippen LogP contribution is 2.16. The van der Waals surface area contributed by atoms with E-state index in [1.807, 2.05) is 24.5 Å². The van der Waals surface area contributed by atoms with Crippen LogP contribution < -0.4 is 0 Å². The third kappa shape index (κ3) is 6.58. The molecule has 26 heavy (non-hydrogen) atoms. The molecule has 140 valence electrons. The molecular weight excluding hydrogens is 324 g/mol. The number of nitrogens with zero attached hydrogens (tertiary/aromatic N) is 2. The molecule has 0 aliphatic heterocycles. The van der Waals surface area contributed by atoms with E-state index in [9.17, 15) is 4.79 Å². The molecule has 0 N–H and O–H groups in total. The van der Waals surface area contributed by atoms with Crippen LogP contribution in [0.15, 0.2) is 36.7 Å². The van der Waals surface area contributed by atoms with Gasteiger partial charge in [-0.05, 0) is 30.5 Å². The monoisotopic (exact) mass is 354 g/mol. The lowest BCUT2D eigenvalue weighted by Crippen LogP contribution is -2.06. The highest BCUT2D eigenvalue weighted by atomic mass is 16.5. The molecule has 2 rings (SSSR count). The predicted molar refractivity (Wildman–Crippen MR) is 105 cm³/mol. The molecule has 1 heterocycles. The van der Waals surface area contributed by atoms with Crippen molar-refractivity contribution in [2.45, 2.75) is 65.2 Å². The second-order valence-electron chi connectivity index (χ2n) is 6.60. The Morgan fingerprint density at radius 1 is 0.885 bits per heavy atom. The molecule has 0 bridgehead atoms. The van der Waals surface area contributed by atoms with Crippen LogP contribution in [0, 0.1) is 0 Å². The van der Waals surface area contributed by atoms with Gasteiger partial charge in [0.05, 0.1) is 12.2 Å². The van der Waals surface area contributed by atoms with Crippen molar-refractivity contribution in [3.63, 3.8) is 0 Å². The Labute approximate surface area is 157 Å². The van der Waals surface area contributed by atoms with Crippen molar-refractivity contribution >= 4 is 5.97 Å². The quantitative estimate of drug-likeness (QED) is 0.388. The fourth-order valence-corrected chi connectivity index (χ4v) is 2.75. The summed E-state index contributed by atoms with van der Waals surface area (Å²) in [6, 6.07) is 7.29. The number of carbonyl (C=O) groups excluding carboxylic acids is 1. The molecule has 0 aliphatic rings. The summed E-state index contributed by atoms with van der Waals surface area (Å²) in [5.74, 6) is 0.412. The number of unbranched alkanes of at least 4 members (excludes halogenated alkanes) is 6. The van der Waals surface area contributed by atoms with Gasteiger partial charge in [-0.15, -0.1) is 0 Å². The molecule has 0 saturated heterocycles. The highest BCUT2D eigenvalue weighted by molar-refractivity contribution is 5.89. The first-order valence-electron chi connectivity index (χ1n) is 9.83. The van der Waals surface area contributed by atoms with E-state index >= 15 is 0 Å². The summed E-state index contributed by atoms with van der Waals surface area (Å²) in [6.45, 7) is 4.79. The molecule has 0 unspecified atom stereocenters. The van der Waals surface area contributed by atoms with Gasteiger partial charge in [-0.2, -0.15) is 0 Å². The summed E-state index contributed by atoms with van der Waals surface area (Å²) >= 11 is 0. The SMILES string of the molecule is CCCCCCCCCOC(=O)c1ccc(-c2ncc(CC)cn2)cc1. The average molecular weight is 354 g/mol. The Morgan fingerprint density at radius 3 is 2.12 bits per heavy atom. The van der Waals surface area contributed by atoms with Gasteiger partial charge in [-0.1, -0.05) is 64.5 Å². The topological polar surface area (TPSA) is 52.1 Å². The van der Waals surface area contributed by atoms with Crippen LogP contribution in [0.25, 0.3) is 11.4 Å². The molecule has 4 heteroatoms. The van der Waals surface area contributed by atoms with E-state index in [-0.39, 0.29) is 5.97 Å². The Hall–Kier alpha value is -2.23. The number of aryl methyl sites for hydroxylation is 1. The molecule has 4 nitrogen and oxygen atoms in total. The predicted octanol–water partition coefficient (Wildman–Crippen LogP) is 5.61. The third-order valence-corrected chi connectivity index (χ3v) is 4.47. The standard InChI is InChI=1S/C22H30N2O2/c1-3-5-6-7-8-9-10-15-26-22(25)20-13-11-19(12-14-20)21-23-16-18(4-2)17-24-21/h11-14,16-17H,3-10,15H2,1-2H3. The first-order valence-corrected chi connectivity index (χ1v) is 9.83. The molecule has 0 spiro atoms. The Kier molecular flexibility index (Phi) is 8.81. The summed E-state index contributed by atoms with van der Waals surface area (Å²) < 4.78 is 5.36. The molecular formula is C22H30N2O2. The average Bonchev–Trinajstić information content (AvgIpc) is 2.70. The van der Waals surface area contributed by atoms with Crippen molar-refractivity contribution in [3.05, 3.63) is 47.8 Å². The first-order chi connectivity index (χ1) is 12.7. The van der Waals surface area contributed by atoms with E-state index in [0.29, 0.717) is 18.0 Å². The van der Waals surface area contributed by atoms with E-state index in [4.69, 9.17) is 4.74 Å². The number of aromatic nitrogens is 2. The van der Waals surface area contributed by atoms with E-state index in [0.717, 1.165) is 30.4 Å². The van der Waals surface area contributed by atoms with E-state index in [2.05, 4.69) is 23.8 Å². The van der Waals surface area contributed by atoms with E-state index < -0.39 is 0 Å². The molecule has 0 radical (unpaired) electrons. The summed E-state index contributed by atoms with van der Waals surface area (Å²) in [7, 11) is 0. The number of esters is 1. The number of carbonyl (C=O) groups is 1. The largest absolute Gasteiger partial charge is 0.462 e. The van der Waals surface area contributed by atoms with Crippen molar-refractivity contribution in [2.24, 2.45) is 0 Å². The van der Waals surface area contributed by atoms with Crippen LogP contribution in [-0.4, -0.2) is 22.5 Å². The number of rotatable bonds is 11. The van der Waals surface area contributed by atoms with Crippen molar-refractivity contribution in [1.82, 2.24) is 9.97 Å². The van der Waals surface area contributed by atoms with E-state index in [1.165, 1.54) is 32.1 Å². The summed E-state index contributed by atoms with van der Waals surface area (Å²) in [4.78, 5) is 20.8. The summed E-state index contributed by atoms with van der Waals surface area (Å²) in [5, 5.41) is 0. The molecule has 1 aromatic heterocycles. The smallest absolute Gasteiger partial charge is 0.338 e. The highest BCUT2D eigenvalue weighted by Gasteiger charge is 2.08. The lowest BCUT2D eigenvalue weighted by Gasteiger charge is -2.06. The van der Waals surface area contributed by atoms with Crippen molar-refractivity contribution in [2.75, 3.05) is 6.61 Å². The third-order valence-electron chi connectivity index (χ3n) is 4.47. The number of hydrogen-bond donors (Lipinski definition) is 0. The maximum Gasteiger partial charge on any atom is 0.338 e. The molecule has 1 aromatic carbocycles. The van der Waals surface area contributed by atoms with Crippen LogP contribution in [-0.2, 0) is 11.2 Å². The summed E-state index contributed by atoms with van der Waals surface area (Å²) in [5.41, 5.74) is 2.58. The number of ether oxygens (including phenoxy) is 1. The van der Waals surface area contributed by atoms with Gasteiger partial charge in [-0.25, -0.2) is 14.8 Å². The Morgan fingerprint density at radius 2 is 1.50 bits per heavy atom. The Bertz CT molecular complexity index is 651. The lowest BCUT2D eigenvalue weighted by molar-refractivity contribution is 0.0497. The van der Waals surface area contributed by atoms with Gasteiger partial charge in [0.25, 0.3) is 0 Å². The van der Waals surface area contributed by atoms with Crippen LogP contribution in [0.1, 0.15) is 74.7 Å². The Balaban J connectivity index is 1.74. The summed E-state index contributed by atoms with van der Waals surface area (Å²) in [6.07, 6.45) is 13.1. The fraction of sp³-hybridized carbons (Fsp3) is 0.500. The second-order valence-corrected chi connectivity index (χ2v) is 6.60. The van der Waals surface area contributed by atoms with Gasteiger partial charge in [-0.3, -0.25) is 0 Å². The van der Waals surface area contributed by atoms with Crippen molar-refractivity contribution < 1.29 is 9.53 Å². The fourth-order valence-electron chi connectivity index (χ4n) is 2.75. The van der Waals surface area contributed by atoms with Crippen LogP contribution in [0.5, 0.6) is 0 Å². The maximum atomic E-state index is 12.1. The molecule has 0 saturated carbocycles. The van der Waals surface area contributed by atoms with Gasteiger partial charge < -0.3 is 4.74 Å². The second kappa shape index (κ2) is 11.4. The maximum absolute atomic E-state index is 12.1. The van der Waals surface area contributed by atoms with Crippen LogP contribution in [0.4, 0.5) is 0 Å². The van der Waals surface area contributed by atoms with Crippen LogP contribution >= 0.6 is 0 Å². The molecule has 0 amide bonds. The number of benzene rings is 1. The molecule has 0 atom stereocenters. The lowest BCUT2D eigenvalue weighted by atomic mass is 10.1. The minimum atomic E-state index is -0.259. The molecule has 0 aliphatic carbocycles. The van der Waals surface area contributed by atoms with Gasteiger partial charge in [0.1, 0.15) is 0 Å². The minimum absolute atomic E-state index is 0.259. The first kappa shape index (κ1) is 20.1. The zero-order chi connectivity index (χ0) is 18.6. The molecule has 0 fully saturated rings. The minimum Gasteiger partial charge on any atom is -0.462 e. The van der Waals surface area contributed by atoms with Crippen molar-refractivity contribution in [3.8, 4) is 11.4 Å². The van der Waals surface area contributed by atoms with Crippen LogP contribution in [0.2, 0.25) is 0 Å². The number of hydrogen-bond acceptors (Lipinski definition) is 4. The van der Waals surface area contributed by atoms with Gasteiger partial charge in [0.2, 0.25) is 0 Å². The normalized spacial score (nSPS) is 10.7. The van der Waals surface area contributed by atoms with Crippen LogP contribution in [0.3, 0.4) is 0 Å². The zero-order valence-corrected chi connectivity index (χ0v) is 16.0. The van der Waals surface area contributed by atoms with Gasteiger partial charge in [0, 0.05) is 18.0 Å². The zero-order valence-electron chi connectivity index (χ0n) is 16.0. The van der Waals surface area contributed by atoms with Crippen molar-refractivity contribution in [1.29, 1.82) is 0 Å². The van der Waals surface area contributed by atoms with Gasteiger partial charge >= 0.3 is 5.97 Å².